The second-order valence-electron chi connectivity index (χ2n) is 4.78. The molecule has 17 heavy (non-hydrogen) atoms. The van der Waals surface area contributed by atoms with Crippen LogP contribution in [0.2, 0.25) is 0 Å². The number of hydrogen-bond donors (Lipinski definition) is 2. The van der Waals surface area contributed by atoms with Crippen LogP contribution in [0.15, 0.2) is 0 Å². The van der Waals surface area contributed by atoms with Gasteiger partial charge in [0.1, 0.15) is 0 Å². The molecule has 0 atom stereocenters. The summed E-state index contributed by atoms with van der Waals surface area (Å²) >= 11 is 0. The van der Waals surface area contributed by atoms with Gasteiger partial charge >= 0.3 is 0 Å². The maximum atomic E-state index is 12.3. The number of aromatic amines is 1. The zero-order valence-electron chi connectivity index (χ0n) is 9.96. The number of aromatic nitrogens is 2. The number of carbonyl (C=O) groups excluding carboxylic acids is 1. The monoisotopic (exact) mass is 234 g/mol. The Morgan fingerprint density at radius 2 is 1.94 bits per heavy atom. The first kappa shape index (κ1) is 10.8. The van der Waals surface area contributed by atoms with Gasteiger partial charge in [-0.3, -0.25) is 9.89 Å². The van der Waals surface area contributed by atoms with Gasteiger partial charge in [0.2, 0.25) is 0 Å². The summed E-state index contributed by atoms with van der Waals surface area (Å²) in [7, 11) is 0. The van der Waals surface area contributed by atoms with E-state index in [-0.39, 0.29) is 5.91 Å². The predicted molar refractivity (Wildman–Crippen MR) is 64.0 cm³/mol. The summed E-state index contributed by atoms with van der Waals surface area (Å²) in [6, 6.07) is 0. The molecule has 0 spiro atoms. The Bertz CT molecular complexity index is 420. The lowest BCUT2D eigenvalue weighted by Crippen LogP contribution is -2.46. The number of fused-ring (bicyclic) bond motifs is 1. The standard InChI is InChI=1S/C12H18N4O/c17-12(16-7-5-13-6-8-16)11-9-3-1-2-4-10(9)14-15-11/h13H,1-8H2,(H,14,15). The Labute approximate surface area is 101 Å². The molecule has 1 aliphatic carbocycles. The van der Waals surface area contributed by atoms with Gasteiger partial charge in [-0.15, -0.1) is 0 Å². The van der Waals surface area contributed by atoms with Crippen molar-refractivity contribution in [1.29, 1.82) is 0 Å². The highest BCUT2D eigenvalue weighted by Crippen LogP contribution is 2.23. The van der Waals surface area contributed by atoms with E-state index in [9.17, 15) is 4.79 Å². The van der Waals surface area contributed by atoms with Crippen LogP contribution in [0.3, 0.4) is 0 Å². The van der Waals surface area contributed by atoms with Crippen LogP contribution in [0.5, 0.6) is 0 Å². The van der Waals surface area contributed by atoms with Crippen LogP contribution in [0.25, 0.3) is 0 Å². The molecule has 92 valence electrons. The minimum atomic E-state index is 0.103. The third kappa shape index (κ3) is 1.95. The highest BCUT2D eigenvalue weighted by Gasteiger charge is 2.26. The molecule has 2 N–H and O–H groups in total. The zero-order chi connectivity index (χ0) is 11.7. The molecule has 0 radical (unpaired) electrons. The average molecular weight is 234 g/mol. The maximum Gasteiger partial charge on any atom is 0.274 e. The van der Waals surface area contributed by atoms with Gasteiger partial charge in [-0.05, 0) is 25.7 Å². The summed E-state index contributed by atoms with van der Waals surface area (Å²) < 4.78 is 0. The van der Waals surface area contributed by atoms with Crippen molar-refractivity contribution < 1.29 is 4.79 Å². The maximum absolute atomic E-state index is 12.3. The van der Waals surface area contributed by atoms with Crippen LogP contribution in [0, 0.1) is 0 Å². The van der Waals surface area contributed by atoms with E-state index in [0.717, 1.165) is 39.0 Å². The molecule has 1 saturated heterocycles. The molecular weight excluding hydrogens is 216 g/mol. The quantitative estimate of drug-likeness (QED) is 0.736. The molecule has 5 heteroatoms. The number of nitrogens with zero attached hydrogens (tertiary/aromatic N) is 2. The minimum absolute atomic E-state index is 0.103. The molecule has 1 fully saturated rings. The van der Waals surface area contributed by atoms with Crippen LogP contribution in [0.4, 0.5) is 0 Å². The van der Waals surface area contributed by atoms with Crippen LogP contribution in [-0.4, -0.2) is 47.2 Å². The number of amides is 1. The Hall–Kier alpha value is -1.36. The first-order valence-electron chi connectivity index (χ1n) is 6.42. The van der Waals surface area contributed by atoms with E-state index in [1.54, 1.807) is 0 Å². The Kier molecular flexibility index (Phi) is 2.84. The van der Waals surface area contributed by atoms with Crippen molar-refractivity contribution >= 4 is 5.91 Å². The third-order valence-electron chi connectivity index (χ3n) is 3.66. The summed E-state index contributed by atoms with van der Waals surface area (Å²) in [5.41, 5.74) is 3.01. The molecule has 1 aromatic rings. The number of aryl methyl sites for hydroxylation is 1. The van der Waals surface area contributed by atoms with Gasteiger partial charge in [0.05, 0.1) is 0 Å². The van der Waals surface area contributed by atoms with Crippen molar-refractivity contribution in [3.8, 4) is 0 Å². The van der Waals surface area contributed by atoms with Gasteiger partial charge in [-0.25, -0.2) is 0 Å². The van der Waals surface area contributed by atoms with E-state index in [1.165, 1.54) is 24.1 Å². The van der Waals surface area contributed by atoms with E-state index in [4.69, 9.17) is 0 Å². The van der Waals surface area contributed by atoms with Crippen molar-refractivity contribution in [1.82, 2.24) is 20.4 Å². The minimum Gasteiger partial charge on any atom is -0.335 e. The summed E-state index contributed by atoms with van der Waals surface area (Å²) in [4.78, 5) is 14.3. The first-order chi connectivity index (χ1) is 8.36. The van der Waals surface area contributed by atoms with Crippen LogP contribution in [-0.2, 0) is 12.8 Å². The lowest BCUT2D eigenvalue weighted by Gasteiger charge is -2.27. The molecule has 2 aliphatic rings. The molecule has 5 nitrogen and oxygen atoms in total. The molecule has 1 amide bonds. The molecule has 0 saturated carbocycles. The van der Waals surface area contributed by atoms with Gasteiger partial charge in [0.25, 0.3) is 5.91 Å². The zero-order valence-corrected chi connectivity index (χ0v) is 9.96. The fourth-order valence-corrected chi connectivity index (χ4v) is 2.68. The normalized spacial score (nSPS) is 20.1. The third-order valence-corrected chi connectivity index (χ3v) is 3.66. The molecule has 0 bridgehead atoms. The molecule has 0 unspecified atom stereocenters. The summed E-state index contributed by atoms with van der Waals surface area (Å²) in [5, 5.41) is 10.5. The number of piperazine rings is 1. The summed E-state index contributed by atoms with van der Waals surface area (Å²) in [5.74, 6) is 0.103. The van der Waals surface area contributed by atoms with E-state index in [0.29, 0.717) is 5.69 Å². The largest absolute Gasteiger partial charge is 0.335 e. The molecule has 3 rings (SSSR count). The van der Waals surface area contributed by atoms with Crippen molar-refractivity contribution in [3.63, 3.8) is 0 Å². The summed E-state index contributed by atoms with van der Waals surface area (Å²) in [6.45, 7) is 3.36. The second kappa shape index (κ2) is 4.49. The first-order valence-corrected chi connectivity index (χ1v) is 6.42. The van der Waals surface area contributed by atoms with Crippen molar-refractivity contribution in [2.75, 3.05) is 26.2 Å². The number of H-pyrrole nitrogens is 1. The smallest absolute Gasteiger partial charge is 0.274 e. The number of carbonyl (C=O) groups is 1. The van der Waals surface area contributed by atoms with Crippen molar-refractivity contribution in [3.05, 3.63) is 17.0 Å². The summed E-state index contributed by atoms with van der Waals surface area (Å²) in [6.07, 6.45) is 4.42. The van der Waals surface area contributed by atoms with E-state index < -0.39 is 0 Å². The van der Waals surface area contributed by atoms with Gasteiger partial charge in [-0.1, -0.05) is 0 Å². The van der Waals surface area contributed by atoms with Crippen molar-refractivity contribution in [2.24, 2.45) is 0 Å². The molecular formula is C12H18N4O. The van der Waals surface area contributed by atoms with E-state index in [2.05, 4.69) is 15.5 Å². The molecule has 0 aromatic carbocycles. The average Bonchev–Trinajstić information content (AvgIpc) is 2.83. The lowest BCUT2D eigenvalue weighted by molar-refractivity contribution is 0.0728. The van der Waals surface area contributed by atoms with Crippen molar-refractivity contribution in [2.45, 2.75) is 25.7 Å². The highest BCUT2D eigenvalue weighted by atomic mass is 16.2. The fourth-order valence-electron chi connectivity index (χ4n) is 2.68. The highest BCUT2D eigenvalue weighted by molar-refractivity contribution is 5.94. The van der Waals surface area contributed by atoms with Gasteiger partial charge in [0.15, 0.2) is 5.69 Å². The number of hydrogen-bond acceptors (Lipinski definition) is 3. The molecule has 1 aliphatic heterocycles. The second-order valence-corrected chi connectivity index (χ2v) is 4.78. The molecule has 1 aromatic heterocycles. The Morgan fingerprint density at radius 1 is 1.18 bits per heavy atom. The van der Waals surface area contributed by atoms with Crippen LogP contribution < -0.4 is 5.32 Å². The van der Waals surface area contributed by atoms with Crippen LogP contribution >= 0.6 is 0 Å². The SMILES string of the molecule is O=C(c1n[nH]c2c1CCCC2)N1CCNCC1. The van der Waals surface area contributed by atoms with Crippen LogP contribution in [0.1, 0.15) is 34.6 Å². The van der Waals surface area contributed by atoms with Gasteiger partial charge < -0.3 is 10.2 Å². The predicted octanol–water partition coefficient (Wildman–Crippen LogP) is 0.334. The van der Waals surface area contributed by atoms with E-state index in [1.807, 2.05) is 4.90 Å². The number of rotatable bonds is 1. The molecule has 2 heterocycles. The van der Waals surface area contributed by atoms with Gasteiger partial charge in [0, 0.05) is 37.4 Å². The van der Waals surface area contributed by atoms with Gasteiger partial charge in [-0.2, -0.15) is 5.10 Å². The lowest BCUT2D eigenvalue weighted by atomic mass is 9.95. The Balaban J connectivity index is 1.83. The fraction of sp³-hybridized carbons (Fsp3) is 0.667. The Morgan fingerprint density at radius 3 is 2.76 bits per heavy atom. The van der Waals surface area contributed by atoms with E-state index >= 15 is 0 Å². The topological polar surface area (TPSA) is 61.0 Å². The number of nitrogens with one attached hydrogen (secondary N) is 2.